The molecule has 2 heterocycles. The molecule has 0 radical (unpaired) electrons. The summed E-state index contributed by atoms with van der Waals surface area (Å²) < 4.78 is 3.39. The number of nitrogens with zero attached hydrogens (tertiary/aromatic N) is 3. The van der Waals surface area contributed by atoms with Gasteiger partial charge in [-0.3, -0.25) is 23.5 Å². The highest BCUT2D eigenvalue weighted by molar-refractivity contribution is 5.69. The summed E-state index contributed by atoms with van der Waals surface area (Å²) in [6, 6.07) is 0. The molecule has 0 aliphatic carbocycles. The highest BCUT2D eigenvalue weighted by Crippen LogP contribution is 1.98. The van der Waals surface area contributed by atoms with E-state index in [1.807, 2.05) is 0 Å². The molecule has 0 saturated heterocycles. The quantitative estimate of drug-likeness (QED) is 0.569. The number of H-pyrrole nitrogens is 1. The molecule has 80 valence electrons. The number of hydrogen-bond acceptors (Lipinski definition) is 3. The minimum absolute atomic E-state index is 0.199. The first-order chi connectivity index (χ1) is 6.95. The lowest BCUT2D eigenvalue weighted by atomic mass is 11.2. The zero-order valence-corrected chi connectivity index (χ0v) is 8.57. The average Bonchev–Trinajstić information content (AvgIpc) is 2.50. The minimum atomic E-state index is -0.478. The lowest BCUT2D eigenvalue weighted by Gasteiger charge is -2.02. The Morgan fingerprint density at radius 1 is 0.933 bits per heavy atom. The lowest BCUT2D eigenvalue weighted by molar-refractivity contribution is 0.705. The third-order valence-electron chi connectivity index (χ3n) is 2.51. The van der Waals surface area contributed by atoms with Gasteiger partial charge in [-0.2, -0.15) is 0 Å². The van der Waals surface area contributed by atoms with Crippen LogP contribution in [0, 0.1) is 0 Å². The highest BCUT2D eigenvalue weighted by Gasteiger charge is 2.13. The van der Waals surface area contributed by atoms with Crippen LogP contribution in [0.2, 0.25) is 0 Å². The van der Waals surface area contributed by atoms with Crippen molar-refractivity contribution in [3.63, 3.8) is 0 Å². The molecule has 0 spiro atoms. The van der Waals surface area contributed by atoms with E-state index in [1.165, 1.54) is 30.3 Å². The van der Waals surface area contributed by atoms with Gasteiger partial charge in [-0.1, -0.05) is 0 Å². The maximum Gasteiger partial charge on any atom is 0.332 e. The molecule has 0 aromatic carbocycles. The van der Waals surface area contributed by atoms with E-state index in [1.54, 1.807) is 0 Å². The summed E-state index contributed by atoms with van der Waals surface area (Å²) in [5.41, 5.74) is -0.910. The molecule has 15 heavy (non-hydrogen) atoms. The van der Waals surface area contributed by atoms with Crippen molar-refractivity contribution < 1.29 is 0 Å². The van der Waals surface area contributed by atoms with E-state index in [0.29, 0.717) is 0 Å². The average molecular weight is 217 g/mol. The van der Waals surface area contributed by atoms with Crippen molar-refractivity contribution in [2.45, 2.75) is 0 Å². The van der Waals surface area contributed by atoms with E-state index < -0.39 is 16.9 Å². The van der Waals surface area contributed by atoms with Crippen LogP contribution in [0.1, 0.15) is 0 Å². The Kier molecular flexibility index (Phi) is 1.72. The van der Waals surface area contributed by atoms with Gasteiger partial charge in [0.15, 0.2) is 5.52 Å². The number of hydrogen-bond donors (Lipinski definition) is 1. The Morgan fingerprint density at radius 2 is 1.53 bits per heavy atom. The molecular formula is C8H10N4O3. The van der Waals surface area contributed by atoms with Gasteiger partial charge >= 0.3 is 11.4 Å². The Labute approximate surface area is 83.2 Å². The number of fused-ring (bicyclic) bond motifs is 1. The van der Waals surface area contributed by atoms with Crippen molar-refractivity contribution in [1.82, 2.24) is 18.7 Å². The smallest absolute Gasteiger partial charge is 0.291 e. The van der Waals surface area contributed by atoms with Gasteiger partial charge in [-0.25, -0.2) is 9.59 Å². The normalized spacial score (nSPS) is 11.1. The summed E-state index contributed by atoms with van der Waals surface area (Å²) in [6.45, 7) is 0. The topological polar surface area (TPSA) is 81.8 Å². The molecule has 0 fully saturated rings. The summed E-state index contributed by atoms with van der Waals surface area (Å²) in [5, 5.41) is 0. The Morgan fingerprint density at radius 3 is 2.13 bits per heavy atom. The molecule has 0 amide bonds. The van der Waals surface area contributed by atoms with Crippen molar-refractivity contribution in [3.05, 3.63) is 31.3 Å². The number of aryl methyl sites for hydroxylation is 2. The summed E-state index contributed by atoms with van der Waals surface area (Å²) in [7, 11) is 4.36. The first-order valence-electron chi connectivity index (χ1n) is 4.30. The fourth-order valence-electron chi connectivity index (χ4n) is 1.56. The first kappa shape index (κ1) is 9.50. The van der Waals surface area contributed by atoms with Crippen molar-refractivity contribution in [3.8, 4) is 0 Å². The predicted octanol–water partition coefficient (Wildman–Crippen LogP) is -1.74. The predicted molar refractivity (Wildman–Crippen MR) is 54.0 cm³/mol. The largest absolute Gasteiger partial charge is 0.332 e. The molecule has 2 rings (SSSR count). The molecule has 7 heteroatoms. The fourth-order valence-corrected chi connectivity index (χ4v) is 1.56. The maximum atomic E-state index is 11.7. The second-order valence-corrected chi connectivity index (χ2v) is 3.39. The van der Waals surface area contributed by atoms with Gasteiger partial charge in [-0.05, 0) is 0 Å². The molecule has 2 aromatic rings. The highest BCUT2D eigenvalue weighted by atomic mass is 16.3. The second-order valence-electron chi connectivity index (χ2n) is 3.39. The summed E-state index contributed by atoms with van der Waals surface area (Å²) in [5.74, 6) is 0. The number of nitrogens with one attached hydrogen (secondary N) is 1. The van der Waals surface area contributed by atoms with Crippen LogP contribution in [0.5, 0.6) is 0 Å². The third-order valence-corrected chi connectivity index (χ3v) is 2.51. The Hall–Kier alpha value is -2.05. The van der Waals surface area contributed by atoms with E-state index >= 15 is 0 Å². The van der Waals surface area contributed by atoms with Gasteiger partial charge < -0.3 is 0 Å². The monoisotopic (exact) mass is 217 g/mol. The van der Waals surface area contributed by atoms with Crippen LogP contribution in [0.25, 0.3) is 11.2 Å². The molecule has 0 atom stereocenters. The van der Waals surface area contributed by atoms with E-state index in [0.717, 1.165) is 4.57 Å². The third kappa shape index (κ3) is 1.03. The van der Waals surface area contributed by atoms with Crippen LogP contribution in [0.4, 0.5) is 0 Å². The second kappa shape index (κ2) is 2.72. The van der Waals surface area contributed by atoms with Gasteiger partial charge in [0.2, 0.25) is 0 Å². The van der Waals surface area contributed by atoms with Crippen molar-refractivity contribution in [2.75, 3.05) is 0 Å². The first-order valence-corrected chi connectivity index (χ1v) is 4.30. The van der Waals surface area contributed by atoms with Crippen LogP contribution in [-0.2, 0) is 21.1 Å². The molecule has 0 aliphatic heterocycles. The molecule has 0 aliphatic rings. The van der Waals surface area contributed by atoms with Gasteiger partial charge in [0, 0.05) is 21.1 Å². The number of aromatic amines is 1. The van der Waals surface area contributed by atoms with Gasteiger partial charge in [0.1, 0.15) is 5.65 Å². The van der Waals surface area contributed by atoms with Gasteiger partial charge in [0.25, 0.3) is 5.56 Å². The van der Waals surface area contributed by atoms with Gasteiger partial charge in [0.05, 0.1) is 0 Å². The van der Waals surface area contributed by atoms with E-state index in [-0.39, 0.29) is 11.2 Å². The zero-order valence-electron chi connectivity index (χ0n) is 8.57. The van der Waals surface area contributed by atoms with E-state index in [2.05, 4.69) is 4.98 Å². The molecule has 1 N–H and O–H groups in total. The summed E-state index contributed by atoms with van der Waals surface area (Å²) in [4.78, 5) is 37.0. The molecule has 0 unspecified atom stereocenters. The summed E-state index contributed by atoms with van der Waals surface area (Å²) in [6.07, 6.45) is 0. The van der Waals surface area contributed by atoms with Crippen molar-refractivity contribution in [1.29, 1.82) is 0 Å². The SMILES string of the molecule is Cn1c(=O)[15nH][13c]2[13c]1[13c](=O)[15n](C)[13c](=O)[15n]2C. The van der Waals surface area contributed by atoms with Crippen LogP contribution >= 0.6 is 0 Å². The van der Waals surface area contributed by atoms with Crippen LogP contribution in [-0.4, -0.2) is 18.7 Å². The fraction of sp³-hybridized carbons (Fsp3) is 0.375. The lowest BCUT2D eigenvalue weighted by Crippen LogP contribution is -2.37. The van der Waals surface area contributed by atoms with Crippen LogP contribution < -0.4 is 16.9 Å². The number of rotatable bonds is 0. The van der Waals surface area contributed by atoms with Crippen molar-refractivity contribution >= 4 is 11.2 Å². The molecular weight excluding hydrogens is 207 g/mol. The Balaban J connectivity index is 3.30. The van der Waals surface area contributed by atoms with Crippen LogP contribution in [0.15, 0.2) is 14.4 Å². The van der Waals surface area contributed by atoms with E-state index in [4.69, 9.17) is 0 Å². The standard InChI is InChI=1S/C8H10N4O3/c1-10-4-5(9-7(10)14)11(2)8(15)12(3)6(4)13/h1-3H3,(H,9,14)/i4+1,5+1,6+1,8+1,9+1,11+1,12+1. The van der Waals surface area contributed by atoms with Crippen LogP contribution in [0.3, 0.4) is 0 Å². The maximum absolute atomic E-state index is 11.7. The zero-order chi connectivity index (χ0) is 11.3. The molecule has 2 aromatic heterocycles. The number of aromatic nitrogens is 4. The van der Waals surface area contributed by atoms with E-state index in [9.17, 15) is 14.4 Å². The number of imidazole rings is 1. The van der Waals surface area contributed by atoms with Gasteiger partial charge in [-0.15, -0.1) is 0 Å². The minimum Gasteiger partial charge on any atom is -0.291 e. The van der Waals surface area contributed by atoms with Crippen molar-refractivity contribution in [2.24, 2.45) is 21.1 Å². The summed E-state index contributed by atoms with van der Waals surface area (Å²) >= 11 is 0. The molecule has 0 bridgehead atoms. The molecule has 7 nitrogen and oxygen atoms in total. The molecule has 0 saturated carbocycles. The Bertz CT molecular complexity index is 712.